The second kappa shape index (κ2) is 9.97. The van der Waals surface area contributed by atoms with Gasteiger partial charge in [0, 0.05) is 36.3 Å². The van der Waals surface area contributed by atoms with Crippen LogP contribution in [0.15, 0.2) is 42.5 Å². The van der Waals surface area contributed by atoms with Crippen molar-refractivity contribution in [2.24, 2.45) is 0 Å². The molecular weight excluding hydrogens is 416 g/mol. The van der Waals surface area contributed by atoms with Crippen molar-refractivity contribution in [2.45, 2.75) is 45.2 Å². The maximum atomic E-state index is 12.0. The Morgan fingerprint density at radius 3 is 2.55 bits per heavy atom. The summed E-state index contributed by atoms with van der Waals surface area (Å²) in [6, 6.07) is 16.2. The summed E-state index contributed by atoms with van der Waals surface area (Å²) < 4.78 is 13.2. The lowest BCUT2D eigenvalue weighted by Gasteiger charge is -2.30. The van der Waals surface area contributed by atoms with Crippen molar-refractivity contribution in [1.29, 1.82) is 5.26 Å². The van der Waals surface area contributed by atoms with Crippen molar-refractivity contribution >= 4 is 22.6 Å². The quantitative estimate of drug-likeness (QED) is 0.450. The SMILES string of the molecule is COCCOc1ccc2c(C#N)c(-c3ccc(NC(=O)NC(C)C)cc3)n(C3CCC3)c2c1. The first kappa shape index (κ1) is 22.7. The number of rotatable bonds is 8. The maximum Gasteiger partial charge on any atom is 0.319 e. The Labute approximate surface area is 194 Å². The standard InChI is InChI=1S/C26H30N4O3/c1-17(2)28-26(31)29-19-9-7-18(8-10-19)25-23(16-27)22-12-11-21(33-14-13-32-3)15-24(22)30(25)20-5-4-6-20/h7-12,15,17,20H,4-6,13-14H2,1-3H3,(H2,28,29,31). The van der Waals surface area contributed by atoms with Gasteiger partial charge in [-0.1, -0.05) is 12.1 Å². The third kappa shape index (κ3) is 4.81. The van der Waals surface area contributed by atoms with E-state index in [-0.39, 0.29) is 12.1 Å². The zero-order valence-electron chi connectivity index (χ0n) is 19.4. The highest BCUT2D eigenvalue weighted by molar-refractivity contribution is 5.96. The molecule has 4 rings (SSSR count). The minimum absolute atomic E-state index is 0.0593. The lowest BCUT2D eigenvalue weighted by Crippen LogP contribution is -2.34. The zero-order valence-corrected chi connectivity index (χ0v) is 19.4. The highest BCUT2D eigenvalue weighted by Gasteiger charge is 2.28. The summed E-state index contributed by atoms with van der Waals surface area (Å²) in [5, 5.41) is 16.7. The molecule has 3 aromatic rings. The van der Waals surface area contributed by atoms with Crippen LogP contribution in [-0.2, 0) is 4.74 Å². The molecule has 0 bridgehead atoms. The van der Waals surface area contributed by atoms with E-state index in [2.05, 4.69) is 21.3 Å². The molecule has 2 aromatic carbocycles. The number of methoxy groups -OCH3 is 1. The molecule has 0 unspecified atom stereocenters. The van der Waals surface area contributed by atoms with Gasteiger partial charge in [0.05, 0.1) is 23.4 Å². The van der Waals surface area contributed by atoms with Gasteiger partial charge in [0.25, 0.3) is 0 Å². The van der Waals surface area contributed by atoms with Crippen molar-refractivity contribution in [3.8, 4) is 23.1 Å². The lowest BCUT2D eigenvalue weighted by atomic mass is 9.92. The molecule has 0 radical (unpaired) electrons. The predicted molar refractivity (Wildman–Crippen MR) is 130 cm³/mol. The van der Waals surface area contributed by atoms with E-state index in [0.717, 1.165) is 40.8 Å². The number of carbonyl (C=O) groups excluding carboxylic acids is 1. The van der Waals surface area contributed by atoms with Crippen molar-refractivity contribution in [3.05, 3.63) is 48.0 Å². The molecular formula is C26H30N4O3. The Bertz CT molecular complexity index is 1170. The van der Waals surface area contributed by atoms with E-state index >= 15 is 0 Å². The van der Waals surface area contributed by atoms with Crippen molar-refractivity contribution < 1.29 is 14.3 Å². The van der Waals surface area contributed by atoms with Crippen LogP contribution in [0, 0.1) is 11.3 Å². The molecule has 1 fully saturated rings. The summed E-state index contributed by atoms with van der Waals surface area (Å²) >= 11 is 0. The number of ether oxygens (including phenoxy) is 2. The number of urea groups is 1. The number of benzene rings is 2. The topological polar surface area (TPSA) is 88.3 Å². The molecule has 2 N–H and O–H groups in total. The van der Waals surface area contributed by atoms with Gasteiger partial charge in [-0.3, -0.25) is 0 Å². The Kier molecular flexibility index (Phi) is 6.85. The van der Waals surface area contributed by atoms with Gasteiger partial charge in [-0.15, -0.1) is 0 Å². The molecule has 0 saturated heterocycles. The zero-order chi connectivity index (χ0) is 23.4. The largest absolute Gasteiger partial charge is 0.491 e. The van der Waals surface area contributed by atoms with Gasteiger partial charge in [-0.25, -0.2) is 4.79 Å². The number of anilines is 1. The summed E-state index contributed by atoms with van der Waals surface area (Å²) in [6.45, 7) is 4.83. The molecule has 1 saturated carbocycles. The van der Waals surface area contributed by atoms with Crippen molar-refractivity contribution in [2.75, 3.05) is 25.6 Å². The predicted octanol–water partition coefficient (Wildman–Crippen LogP) is 5.46. The minimum Gasteiger partial charge on any atom is -0.491 e. The van der Waals surface area contributed by atoms with Crippen molar-refractivity contribution in [3.63, 3.8) is 0 Å². The molecule has 0 aliphatic heterocycles. The minimum atomic E-state index is -0.236. The number of nitrogens with zero attached hydrogens (tertiary/aromatic N) is 2. The van der Waals surface area contributed by atoms with Gasteiger partial charge in [-0.05, 0) is 62.9 Å². The summed E-state index contributed by atoms with van der Waals surface area (Å²) in [5.41, 5.74) is 4.25. The van der Waals surface area contributed by atoms with E-state index in [1.165, 1.54) is 6.42 Å². The molecule has 0 spiro atoms. The fourth-order valence-electron chi connectivity index (χ4n) is 4.18. The van der Waals surface area contributed by atoms with Gasteiger partial charge < -0.3 is 24.7 Å². The summed E-state index contributed by atoms with van der Waals surface area (Å²) in [5.74, 6) is 0.768. The Morgan fingerprint density at radius 2 is 1.94 bits per heavy atom. The van der Waals surface area contributed by atoms with Crippen LogP contribution in [-0.4, -0.2) is 37.0 Å². The molecule has 1 heterocycles. The Balaban J connectivity index is 1.73. The molecule has 33 heavy (non-hydrogen) atoms. The third-order valence-electron chi connectivity index (χ3n) is 5.92. The monoisotopic (exact) mass is 446 g/mol. The van der Waals surface area contributed by atoms with Gasteiger partial charge >= 0.3 is 6.03 Å². The Hall–Kier alpha value is -3.50. The molecule has 1 aliphatic carbocycles. The number of hydrogen-bond donors (Lipinski definition) is 2. The third-order valence-corrected chi connectivity index (χ3v) is 5.92. The molecule has 7 heteroatoms. The van der Waals surface area contributed by atoms with Gasteiger partial charge in [0.2, 0.25) is 0 Å². The smallest absolute Gasteiger partial charge is 0.319 e. The maximum absolute atomic E-state index is 12.0. The van der Waals surface area contributed by atoms with Crippen LogP contribution in [0.3, 0.4) is 0 Å². The fraction of sp³-hybridized carbons (Fsp3) is 0.385. The van der Waals surface area contributed by atoms with Crippen LogP contribution >= 0.6 is 0 Å². The first-order valence-corrected chi connectivity index (χ1v) is 11.4. The first-order valence-electron chi connectivity index (χ1n) is 11.4. The summed E-state index contributed by atoms with van der Waals surface area (Å²) in [7, 11) is 1.65. The van der Waals surface area contributed by atoms with Crippen LogP contribution in [0.4, 0.5) is 10.5 Å². The molecule has 0 atom stereocenters. The molecule has 7 nitrogen and oxygen atoms in total. The number of hydrogen-bond acceptors (Lipinski definition) is 4. The number of amides is 2. The highest BCUT2D eigenvalue weighted by atomic mass is 16.5. The molecule has 1 aliphatic rings. The van der Waals surface area contributed by atoms with E-state index in [1.54, 1.807) is 7.11 Å². The van der Waals surface area contributed by atoms with E-state index in [4.69, 9.17) is 9.47 Å². The van der Waals surface area contributed by atoms with Crippen LogP contribution in [0.25, 0.3) is 22.2 Å². The summed E-state index contributed by atoms with van der Waals surface area (Å²) in [6.07, 6.45) is 3.36. The van der Waals surface area contributed by atoms with Gasteiger partial charge in [0.15, 0.2) is 0 Å². The van der Waals surface area contributed by atoms with Crippen molar-refractivity contribution in [1.82, 2.24) is 9.88 Å². The van der Waals surface area contributed by atoms with E-state index in [9.17, 15) is 10.1 Å². The van der Waals surface area contributed by atoms with Crippen LogP contribution in [0.5, 0.6) is 5.75 Å². The molecule has 1 aromatic heterocycles. The van der Waals surface area contributed by atoms with E-state index in [1.807, 2.05) is 56.3 Å². The van der Waals surface area contributed by atoms with Crippen LogP contribution < -0.4 is 15.4 Å². The van der Waals surface area contributed by atoms with Crippen LogP contribution in [0.1, 0.15) is 44.7 Å². The van der Waals surface area contributed by atoms with E-state index < -0.39 is 0 Å². The second-order valence-corrected chi connectivity index (χ2v) is 8.64. The average molecular weight is 447 g/mol. The first-order chi connectivity index (χ1) is 16.0. The average Bonchev–Trinajstić information content (AvgIpc) is 3.06. The van der Waals surface area contributed by atoms with E-state index in [0.29, 0.717) is 30.5 Å². The van der Waals surface area contributed by atoms with Crippen LogP contribution in [0.2, 0.25) is 0 Å². The second-order valence-electron chi connectivity index (χ2n) is 8.64. The number of carbonyl (C=O) groups is 1. The number of aromatic nitrogens is 1. The fourth-order valence-corrected chi connectivity index (χ4v) is 4.18. The van der Waals surface area contributed by atoms with Gasteiger partial charge in [0.1, 0.15) is 18.4 Å². The molecule has 172 valence electrons. The number of nitrogens with one attached hydrogen (secondary N) is 2. The van der Waals surface area contributed by atoms with Gasteiger partial charge in [-0.2, -0.15) is 5.26 Å². The number of fused-ring (bicyclic) bond motifs is 1. The lowest BCUT2D eigenvalue weighted by molar-refractivity contribution is 0.146. The highest BCUT2D eigenvalue weighted by Crippen LogP contribution is 2.43. The molecule has 2 amide bonds. The normalized spacial score (nSPS) is 13.5. The Morgan fingerprint density at radius 1 is 1.18 bits per heavy atom. The summed E-state index contributed by atoms with van der Waals surface area (Å²) in [4.78, 5) is 12.0. The number of nitriles is 1.